The molecule has 3 aromatic carbocycles. The minimum Gasteiger partial charge on any atom is -0.497 e. The van der Waals surface area contributed by atoms with Crippen molar-refractivity contribution in [2.24, 2.45) is 0 Å². The number of nitriles is 1. The molecule has 347 valence electrons. The number of imidazole rings is 1. The Bertz CT molecular complexity index is 2280. The van der Waals surface area contributed by atoms with E-state index in [4.69, 9.17) is 38.0 Å². The molecule has 0 aliphatic carbocycles. The Balaban J connectivity index is 1.27. The molecule has 2 aliphatic rings. The number of hydrogen-bond donors (Lipinski definition) is 1. The first-order valence-electron chi connectivity index (χ1n) is 22.4. The van der Waals surface area contributed by atoms with Gasteiger partial charge < -0.3 is 33.3 Å². The Morgan fingerprint density at radius 2 is 1.46 bits per heavy atom. The fraction of sp³-hybridized carbons (Fsp3) is 0.510. The van der Waals surface area contributed by atoms with Crippen molar-refractivity contribution in [2.45, 2.75) is 134 Å². The molecule has 4 atom stereocenters. The van der Waals surface area contributed by atoms with Gasteiger partial charge >= 0.3 is 0 Å². The molecule has 16 heteroatoms. The number of hydroxylamine groups is 2. The van der Waals surface area contributed by atoms with Crippen molar-refractivity contribution in [2.75, 3.05) is 32.8 Å². The number of anilines is 1. The molecule has 4 heterocycles. The van der Waals surface area contributed by atoms with E-state index in [1.54, 1.807) is 20.5 Å². The summed E-state index contributed by atoms with van der Waals surface area (Å²) in [6.07, 6.45) is 3.52. The number of benzene rings is 3. The minimum absolute atomic E-state index is 0.0121. The van der Waals surface area contributed by atoms with Crippen LogP contribution in [0.1, 0.15) is 104 Å². The van der Waals surface area contributed by atoms with E-state index in [-0.39, 0.29) is 37.8 Å². The number of fused-ring (bicyclic) bond motifs is 1. The Kier molecular flexibility index (Phi) is 15.1. The number of nitrogens with zero attached hydrogens (tertiary/aromatic N) is 7. The highest BCUT2D eigenvalue weighted by molar-refractivity contribution is 7.44. The predicted molar refractivity (Wildman–Crippen MR) is 250 cm³/mol. The molecule has 2 aromatic heterocycles. The van der Waals surface area contributed by atoms with Crippen LogP contribution in [0, 0.1) is 11.3 Å². The summed E-state index contributed by atoms with van der Waals surface area (Å²) in [6.45, 7) is 16.7. The molecule has 5 aromatic rings. The molecule has 7 rings (SSSR count). The average Bonchev–Trinajstić information content (AvgIpc) is 3.90. The lowest BCUT2D eigenvalue weighted by atomic mass is 9.79. The molecule has 1 unspecified atom stereocenters. The summed E-state index contributed by atoms with van der Waals surface area (Å²) in [6, 6.07) is 28.4. The van der Waals surface area contributed by atoms with Gasteiger partial charge in [0.2, 0.25) is 0 Å². The number of piperidine rings is 1. The van der Waals surface area contributed by atoms with Crippen molar-refractivity contribution < 1.29 is 33.2 Å². The summed E-state index contributed by atoms with van der Waals surface area (Å²) in [7, 11) is 1.66. The molecule has 0 spiro atoms. The second-order valence-corrected chi connectivity index (χ2v) is 20.0. The van der Waals surface area contributed by atoms with E-state index in [1.807, 2.05) is 99.0 Å². The Morgan fingerprint density at radius 3 is 2.02 bits per heavy atom. The molecule has 0 saturated carbocycles. The normalized spacial score (nSPS) is 20.7. The van der Waals surface area contributed by atoms with E-state index >= 15 is 0 Å². The highest BCUT2D eigenvalue weighted by atomic mass is 31.2. The lowest BCUT2D eigenvalue weighted by Gasteiger charge is -2.50. The average molecular weight is 908 g/mol. The van der Waals surface area contributed by atoms with Crippen LogP contribution in [0.15, 0.2) is 91.5 Å². The van der Waals surface area contributed by atoms with Gasteiger partial charge in [0, 0.05) is 35.6 Å². The first-order chi connectivity index (χ1) is 31.1. The molecule has 15 nitrogen and oxygen atoms in total. The van der Waals surface area contributed by atoms with Crippen molar-refractivity contribution in [3.05, 3.63) is 108 Å². The van der Waals surface area contributed by atoms with E-state index < -0.39 is 43.6 Å². The maximum absolute atomic E-state index is 13.2. The van der Waals surface area contributed by atoms with E-state index in [0.29, 0.717) is 36.2 Å². The summed E-state index contributed by atoms with van der Waals surface area (Å²) < 4.78 is 43.4. The van der Waals surface area contributed by atoms with Crippen LogP contribution in [0.2, 0.25) is 0 Å². The molecule has 2 saturated heterocycles. The molecular formula is C49H64N8O7P. The highest BCUT2D eigenvalue weighted by Crippen LogP contribution is 2.51. The van der Waals surface area contributed by atoms with Gasteiger partial charge in [-0.25, -0.2) is 19.6 Å². The molecule has 2 fully saturated rings. The Labute approximate surface area is 384 Å². The van der Waals surface area contributed by atoms with Crippen LogP contribution in [0.4, 0.5) is 5.82 Å². The number of ether oxygens (including phenoxy) is 4. The van der Waals surface area contributed by atoms with E-state index in [2.05, 4.69) is 60.9 Å². The monoisotopic (exact) mass is 907 g/mol. The van der Waals surface area contributed by atoms with Crippen molar-refractivity contribution in [1.29, 1.82) is 5.26 Å². The quantitative estimate of drug-likeness (QED) is 0.0474. The summed E-state index contributed by atoms with van der Waals surface area (Å²) in [4.78, 5) is 14.2. The van der Waals surface area contributed by atoms with Crippen LogP contribution in [0.5, 0.6) is 11.5 Å². The maximum Gasteiger partial charge on any atom is 0.259 e. The summed E-state index contributed by atoms with van der Waals surface area (Å²) in [5.41, 5.74) is 1.66. The number of nitrogens with one attached hydrogen (secondary N) is 1. The van der Waals surface area contributed by atoms with Gasteiger partial charge in [-0.05, 0) is 109 Å². The first kappa shape index (κ1) is 48.2. The first-order valence-corrected chi connectivity index (χ1v) is 23.6. The van der Waals surface area contributed by atoms with E-state index in [9.17, 15) is 10.5 Å². The van der Waals surface area contributed by atoms with Crippen molar-refractivity contribution in [3.63, 3.8) is 0 Å². The SMILES string of the molecule is COc1ccc(C(OC[C@H]2O[C@@H](n3cnc4c(NC5CC(C)(C)N([O])C(C)(C)C5)ncnc43)C[C@@H]2OP(OCCC#N)N(C(C)C)C(C)C)(c2ccccc2)c2ccc(OC)cc2)cc1. The van der Waals surface area contributed by atoms with Gasteiger partial charge in [0.05, 0.1) is 52.4 Å². The van der Waals surface area contributed by atoms with Crippen LogP contribution < -0.4 is 14.8 Å². The Hall–Kier alpha value is -4.75. The molecule has 0 amide bonds. The van der Waals surface area contributed by atoms with Gasteiger partial charge in [-0.3, -0.25) is 4.57 Å². The third-order valence-corrected chi connectivity index (χ3v) is 14.5. The minimum atomic E-state index is -1.65. The lowest BCUT2D eigenvalue weighted by molar-refractivity contribution is -0.288. The second-order valence-electron chi connectivity index (χ2n) is 18.6. The van der Waals surface area contributed by atoms with Gasteiger partial charge in [0.15, 0.2) is 17.0 Å². The number of aromatic nitrogens is 4. The molecular weight excluding hydrogens is 844 g/mol. The molecule has 1 radical (unpaired) electrons. The summed E-state index contributed by atoms with van der Waals surface area (Å²) in [5.74, 6) is 2.04. The van der Waals surface area contributed by atoms with Gasteiger partial charge in [-0.2, -0.15) is 5.26 Å². The smallest absolute Gasteiger partial charge is 0.259 e. The molecule has 0 bridgehead atoms. The maximum atomic E-state index is 13.2. The zero-order chi connectivity index (χ0) is 46.5. The van der Waals surface area contributed by atoms with Crippen LogP contribution in [-0.2, 0) is 29.3 Å². The molecule has 2 aliphatic heterocycles. The van der Waals surface area contributed by atoms with Crippen molar-refractivity contribution >= 4 is 25.5 Å². The predicted octanol–water partition coefficient (Wildman–Crippen LogP) is 9.58. The second kappa shape index (κ2) is 20.4. The summed E-state index contributed by atoms with van der Waals surface area (Å²) in [5, 5.41) is 27.5. The van der Waals surface area contributed by atoms with Gasteiger partial charge in [0.25, 0.3) is 8.53 Å². The van der Waals surface area contributed by atoms with E-state index in [1.165, 1.54) is 11.4 Å². The fourth-order valence-corrected chi connectivity index (χ4v) is 11.3. The van der Waals surface area contributed by atoms with E-state index in [0.717, 1.165) is 28.2 Å². The Morgan fingerprint density at radius 1 is 0.877 bits per heavy atom. The zero-order valence-electron chi connectivity index (χ0n) is 39.3. The number of hydrogen-bond acceptors (Lipinski definition) is 13. The summed E-state index contributed by atoms with van der Waals surface area (Å²) >= 11 is 0. The van der Waals surface area contributed by atoms with Crippen LogP contribution in [0.3, 0.4) is 0 Å². The van der Waals surface area contributed by atoms with Gasteiger partial charge in [-0.15, -0.1) is 10.3 Å². The lowest BCUT2D eigenvalue weighted by Crippen LogP contribution is -2.60. The largest absolute Gasteiger partial charge is 0.497 e. The van der Waals surface area contributed by atoms with Crippen molar-refractivity contribution in [3.8, 4) is 17.6 Å². The van der Waals surface area contributed by atoms with Crippen LogP contribution in [-0.4, -0.2) is 98.1 Å². The highest BCUT2D eigenvalue weighted by Gasteiger charge is 2.48. The van der Waals surface area contributed by atoms with Crippen LogP contribution >= 0.6 is 8.53 Å². The standard InChI is InChI=1S/C49H64N8O7P/c1-33(2)56(34(3)4)65(62-26-14-25-50)64-41-27-43(55-32-53-44-45(51-31-52-46(44)55)54-38-28-47(5,6)57(58)48(7,8)29-38)63-42(41)30-61-49(35-15-12-11-13-16-35,36-17-21-39(59-9)22-18-36)37-19-23-40(60-10)24-20-37/h11-13,15-24,31-34,38,41-43H,14,26-30H2,1-10H3,(H,51,52,54)/t41-,42+,43+,65?/m0/s1. The third-order valence-electron chi connectivity index (χ3n) is 12.3. The molecule has 65 heavy (non-hydrogen) atoms. The zero-order valence-corrected chi connectivity index (χ0v) is 40.2. The third kappa shape index (κ3) is 10.3. The van der Waals surface area contributed by atoms with Crippen molar-refractivity contribution in [1.82, 2.24) is 29.3 Å². The van der Waals surface area contributed by atoms with Crippen LogP contribution in [0.25, 0.3) is 11.2 Å². The topological polar surface area (TPSA) is 161 Å². The fourth-order valence-electron chi connectivity index (χ4n) is 9.55. The number of methoxy groups -OCH3 is 2. The molecule has 1 N–H and O–H groups in total. The number of rotatable bonds is 19. The van der Waals surface area contributed by atoms with Gasteiger partial charge in [0.1, 0.15) is 35.8 Å². The van der Waals surface area contributed by atoms with Gasteiger partial charge in [-0.1, -0.05) is 54.6 Å².